The number of nitro groups is 1. The molecule has 0 bridgehead atoms. The predicted molar refractivity (Wildman–Crippen MR) is 69.5 cm³/mol. The van der Waals surface area contributed by atoms with Crippen molar-refractivity contribution in [3.63, 3.8) is 0 Å². The summed E-state index contributed by atoms with van der Waals surface area (Å²) in [5, 5.41) is 13.7. The van der Waals surface area contributed by atoms with Crippen LogP contribution in [-0.2, 0) is 9.59 Å². The Balaban J connectivity index is 2.21. The number of methoxy groups -OCH3 is 1. The van der Waals surface area contributed by atoms with E-state index in [2.05, 4.69) is 5.32 Å². The van der Waals surface area contributed by atoms with Crippen LogP contribution in [0.4, 0.5) is 11.4 Å². The summed E-state index contributed by atoms with van der Waals surface area (Å²) in [5.41, 5.74) is 0.317. The summed E-state index contributed by atoms with van der Waals surface area (Å²) in [6, 6.07) is 3.52. The summed E-state index contributed by atoms with van der Waals surface area (Å²) in [4.78, 5) is 34.4. The molecule has 0 aromatic heterocycles. The second-order valence-electron chi connectivity index (χ2n) is 4.34. The van der Waals surface area contributed by atoms with E-state index in [1.54, 1.807) is 0 Å². The number of anilines is 1. The van der Waals surface area contributed by atoms with Gasteiger partial charge in [0.15, 0.2) is 5.75 Å². The van der Waals surface area contributed by atoms with Crippen LogP contribution in [0.25, 0.3) is 0 Å². The van der Waals surface area contributed by atoms with E-state index < -0.39 is 11.0 Å². The largest absolute Gasteiger partial charge is 0.490 e. The van der Waals surface area contributed by atoms with E-state index in [4.69, 9.17) is 4.74 Å². The Morgan fingerprint density at radius 2 is 2.15 bits per heavy atom. The first-order chi connectivity index (χ1) is 9.43. The van der Waals surface area contributed by atoms with Crippen LogP contribution < -0.4 is 10.1 Å². The first kappa shape index (κ1) is 13.8. The number of hydrogen-bond donors (Lipinski definition) is 1. The van der Waals surface area contributed by atoms with Crippen molar-refractivity contribution in [1.29, 1.82) is 0 Å². The molecule has 8 heteroatoms. The minimum Gasteiger partial charge on any atom is -0.490 e. The van der Waals surface area contributed by atoms with Crippen molar-refractivity contribution in [2.45, 2.75) is 12.5 Å². The van der Waals surface area contributed by atoms with E-state index >= 15 is 0 Å². The lowest BCUT2D eigenvalue weighted by molar-refractivity contribution is -0.385. The lowest BCUT2D eigenvalue weighted by atomic mass is 10.2. The zero-order valence-corrected chi connectivity index (χ0v) is 11.0. The van der Waals surface area contributed by atoms with E-state index in [-0.39, 0.29) is 29.7 Å². The molecular formula is C12H13N3O5. The summed E-state index contributed by atoms with van der Waals surface area (Å²) < 4.78 is 4.94. The molecule has 106 valence electrons. The highest BCUT2D eigenvalue weighted by molar-refractivity contribution is 6.06. The molecule has 1 aromatic rings. The molecule has 1 atom stereocenters. The van der Waals surface area contributed by atoms with Crippen LogP contribution in [0.5, 0.6) is 5.75 Å². The van der Waals surface area contributed by atoms with Crippen molar-refractivity contribution < 1.29 is 19.2 Å². The first-order valence-corrected chi connectivity index (χ1v) is 5.83. The van der Waals surface area contributed by atoms with Gasteiger partial charge in [-0.1, -0.05) is 0 Å². The number of imide groups is 1. The molecule has 0 aliphatic carbocycles. The number of carbonyl (C=O) groups is 2. The van der Waals surface area contributed by atoms with Crippen LogP contribution in [0, 0.1) is 10.1 Å². The Morgan fingerprint density at radius 1 is 1.45 bits per heavy atom. The van der Waals surface area contributed by atoms with E-state index in [0.29, 0.717) is 5.69 Å². The number of carbonyl (C=O) groups excluding carboxylic acids is 2. The van der Waals surface area contributed by atoms with Gasteiger partial charge in [-0.25, -0.2) is 0 Å². The second kappa shape index (κ2) is 5.16. The highest BCUT2D eigenvalue weighted by atomic mass is 16.6. The number of likely N-dealkylation sites (tertiary alicyclic amines) is 1. The number of hydrogen-bond acceptors (Lipinski definition) is 6. The average Bonchev–Trinajstić information content (AvgIpc) is 2.66. The maximum Gasteiger partial charge on any atom is 0.311 e. The second-order valence-corrected chi connectivity index (χ2v) is 4.34. The number of benzene rings is 1. The van der Waals surface area contributed by atoms with Gasteiger partial charge in [-0.05, 0) is 6.07 Å². The van der Waals surface area contributed by atoms with Crippen LogP contribution in [0.2, 0.25) is 0 Å². The Labute approximate surface area is 114 Å². The van der Waals surface area contributed by atoms with Gasteiger partial charge in [0.1, 0.15) is 6.04 Å². The lowest BCUT2D eigenvalue weighted by Crippen LogP contribution is -2.31. The monoisotopic (exact) mass is 279 g/mol. The van der Waals surface area contributed by atoms with Crippen LogP contribution in [-0.4, -0.2) is 41.8 Å². The molecule has 0 saturated carbocycles. The van der Waals surface area contributed by atoms with Gasteiger partial charge < -0.3 is 10.1 Å². The van der Waals surface area contributed by atoms with Gasteiger partial charge in [0.25, 0.3) is 5.91 Å². The minimum atomic E-state index is -0.654. The third-order valence-electron chi connectivity index (χ3n) is 3.10. The van der Waals surface area contributed by atoms with Crippen LogP contribution in [0.3, 0.4) is 0 Å². The molecule has 20 heavy (non-hydrogen) atoms. The summed E-state index contributed by atoms with van der Waals surface area (Å²) in [6.45, 7) is 0. The Morgan fingerprint density at radius 3 is 2.65 bits per heavy atom. The summed E-state index contributed by atoms with van der Waals surface area (Å²) in [5.74, 6) is -0.501. The van der Waals surface area contributed by atoms with Crippen molar-refractivity contribution in [2.24, 2.45) is 0 Å². The molecule has 1 aromatic carbocycles. The van der Waals surface area contributed by atoms with Crippen LogP contribution >= 0.6 is 0 Å². The molecule has 0 spiro atoms. The zero-order valence-electron chi connectivity index (χ0n) is 11.0. The standard InChI is InChI=1S/C12H13N3O5/c1-14-11(16)6-8(12(14)17)13-7-3-4-9(15(18)19)10(5-7)20-2/h3-5,8,13H,6H2,1-2H3. The first-order valence-electron chi connectivity index (χ1n) is 5.83. The lowest BCUT2D eigenvalue weighted by Gasteiger charge is -2.13. The fraction of sp³-hybridized carbons (Fsp3) is 0.333. The average molecular weight is 279 g/mol. The summed E-state index contributed by atoms with van der Waals surface area (Å²) in [7, 11) is 2.74. The Kier molecular flexibility index (Phi) is 3.55. The van der Waals surface area contributed by atoms with Gasteiger partial charge in [-0.3, -0.25) is 24.6 Å². The predicted octanol–water partition coefficient (Wildman–Crippen LogP) is 0.773. The Hall–Kier alpha value is -2.64. The maximum atomic E-state index is 11.8. The van der Waals surface area contributed by atoms with Gasteiger partial charge in [0.05, 0.1) is 18.5 Å². The van der Waals surface area contributed by atoms with Gasteiger partial charge in [-0.15, -0.1) is 0 Å². The SMILES string of the molecule is COc1cc(NC2CC(=O)N(C)C2=O)ccc1[N+](=O)[O-]. The number of amides is 2. The van der Waals surface area contributed by atoms with Gasteiger partial charge >= 0.3 is 5.69 Å². The van der Waals surface area contributed by atoms with E-state index in [1.165, 1.54) is 32.4 Å². The molecule has 8 nitrogen and oxygen atoms in total. The smallest absolute Gasteiger partial charge is 0.311 e. The molecule has 1 fully saturated rings. The number of nitrogens with one attached hydrogen (secondary N) is 1. The molecular weight excluding hydrogens is 266 g/mol. The van der Waals surface area contributed by atoms with Crippen molar-refractivity contribution in [3.05, 3.63) is 28.3 Å². The van der Waals surface area contributed by atoms with Crippen LogP contribution in [0.15, 0.2) is 18.2 Å². The molecule has 1 aliphatic heterocycles. The van der Waals surface area contributed by atoms with E-state index in [1.807, 2.05) is 0 Å². The third kappa shape index (κ3) is 2.40. The van der Waals surface area contributed by atoms with Gasteiger partial charge in [-0.2, -0.15) is 0 Å². The van der Waals surface area contributed by atoms with Crippen molar-refractivity contribution >= 4 is 23.2 Å². The molecule has 2 rings (SSSR count). The number of ether oxygens (including phenoxy) is 1. The number of nitrogens with zero attached hydrogens (tertiary/aromatic N) is 2. The summed E-state index contributed by atoms with van der Waals surface area (Å²) >= 11 is 0. The van der Waals surface area contributed by atoms with Crippen molar-refractivity contribution in [2.75, 3.05) is 19.5 Å². The number of rotatable bonds is 4. The maximum absolute atomic E-state index is 11.8. The Bertz CT molecular complexity index is 586. The van der Waals surface area contributed by atoms with Gasteiger partial charge in [0.2, 0.25) is 5.91 Å². The molecule has 1 aliphatic rings. The van der Waals surface area contributed by atoms with E-state index in [0.717, 1.165) is 4.90 Å². The van der Waals surface area contributed by atoms with Crippen molar-refractivity contribution in [3.8, 4) is 5.75 Å². The topological polar surface area (TPSA) is 102 Å². The zero-order chi connectivity index (χ0) is 14.9. The van der Waals surface area contributed by atoms with Crippen LogP contribution in [0.1, 0.15) is 6.42 Å². The molecule has 1 heterocycles. The molecule has 2 amide bonds. The van der Waals surface area contributed by atoms with E-state index in [9.17, 15) is 19.7 Å². The normalized spacial score (nSPS) is 18.3. The number of likely N-dealkylation sites (N-methyl/N-ethyl adjacent to an activating group) is 1. The fourth-order valence-corrected chi connectivity index (χ4v) is 1.99. The minimum absolute atomic E-state index is 0.0641. The fourth-order valence-electron chi connectivity index (χ4n) is 1.99. The van der Waals surface area contributed by atoms with Gasteiger partial charge in [0, 0.05) is 24.9 Å². The molecule has 0 radical (unpaired) electrons. The van der Waals surface area contributed by atoms with Crippen molar-refractivity contribution in [1.82, 2.24) is 4.90 Å². The summed E-state index contributed by atoms with van der Waals surface area (Å²) in [6.07, 6.45) is 0.0641. The highest BCUT2D eigenvalue weighted by Gasteiger charge is 2.36. The third-order valence-corrected chi connectivity index (χ3v) is 3.10. The molecule has 1 unspecified atom stereocenters. The molecule has 1 saturated heterocycles. The number of nitro benzene ring substituents is 1. The molecule has 1 N–H and O–H groups in total. The highest BCUT2D eigenvalue weighted by Crippen LogP contribution is 2.30. The quantitative estimate of drug-likeness (QED) is 0.496.